The van der Waals surface area contributed by atoms with Crippen LogP contribution in [0.3, 0.4) is 0 Å². The molecule has 2 N–H and O–H groups in total. The van der Waals surface area contributed by atoms with Gasteiger partial charge in [-0.15, -0.1) is 0 Å². The molecule has 108 valence electrons. The summed E-state index contributed by atoms with van der Waals surface area (Å²) in [6, 6.07) is 1.95. The zero-order chi connectivity index (χ0) is 14.1. The number of aliphatic hydroxyl groups is 1. The summed E-state index contributed by atoms with van der Waals surface area (Å²) in [6.45, 7) is -0.396. The predicted molar refractivity (Wildman–Crippen MR) is 66.6 cm³/mol. The lowest BCUT2D eigenvalue weighted by Crippen LogP contribution is -2.43. The number of sulfone groups is 1. The Kier molecular flexibility index (Phi) is 4.00. The second-order valence-electron chi connectivity index (χ2n) is 4.45. The summed E-state index contributed by atoms with van der Waals surface area (Å²) >= 11 is 0. The lowest BCUT2D eigenvalue weighted by Gasteiger charge is -2.22. The molecule has 0 amide bonds. The summed E-state index contributed by atoms with van der Waals surface area (Å²) in [5, 5.41) is 8.50. The standard InChI is InChI=1S/C10H15NO6S2/c12-6-9-3-4-10(17-9)19(15,16)11-8-2-1-5-18(13,14)7-8/h3-4,8,11-12H,1-2,5-7H2. The minimum absolute atomic E-state index is 0.0979. The molecule has 2 heterocycles. The van der Waals surface area contributed by atoms with Gasteiger partial charge in [0, 0.05) is 6.04 Å². The molecule has 0 saturated carbocycles. The van der Waals surface area contributed by atoms with E-state index in [0.717, 1.165) is 0 Å². The SMILES string of the molecule is O=S1(=O)CCCC(NS(=O)(=O)c2ccc(CO)o2)C1. The molecule has 1 unspecified atom stereocenters. The third-order valence-electron chi connectivity index (χ3n) is 2.84. The molecule has 1 aliphatic heterocycles. The van der Waals surface area contributed by atoms with Gasteiger partial charge < -0.3 is 9.52 Å². The van der Waals surface area contributed by atoms with Gasteiger partial charge in [-0.1, -0.05) is 0 Å². The van der Waals surface area contributed by atoms with Crippen LogP contribution in [0.15, 0.2) is 21.6 Å². The minimum Gasteiger partial charge on any atom is -0.446 e. The Morgan fingerprint density at radius 1 is 1.42 bits per heavy atom. The van der Waals surface area contributed by atoms with E-state index in [-0.39, 0.29) is 22.4 Å². The fraction of sp³-hybridized carbons (Fsp3) is 0.600. The van der Waals surface area contributed by atoms with Gasteiger partial charge in [0.1, 0.15) is 12.4 Å². The van der Waals surface area contributed by atoms with Crippen molar-refractivity contribution in [1.29, 1.82) is 0 Å². The molecule has 19 heavy (non-hydrogen) atoms. The highest BCUT2D eigenvalue weighted by Crippen LogP contribution is 2.17. The number of sulfonamides is 1. The summed E-state index contributed by atoms with van der Waals surface area (Å²) in [6.07, 6.45) is 0.918. The summed E-state index contributed by atoms with van der Waals surface area (Å²) < 4.78 is 54.1. The maximum atomic E-state index is 12.0. The van der Waals surface area contributed by atoms with Gasteiger partial charge in [-0.05, 0) is 25.0 Å². The lowest BCUT2D eigenvalue weighted by atomic mass is 10.2. The van der Waals surface area contributed by atoms with Crippen LogP contribution in [0.2, 0.25) is 0 Å². The molecule has 0 radical (unpaired) electrons. The highest BCUT2D eigenvalue weighted by atomic mass is 32.2. The highest BCUT2D eigenvalue weighted by Gasteiger charge is 2.30. The highest BCUT2D eigenvalue weighted by molar-refractivity contribution is 7.91. The molecule has 1 saturated heterocycles. The summed E-state index contributed by atoms with van der Waals surface area (Å²) in [5.74, 6) is 0.0390. The Hall–Kier alpha value is -0.900. The fourth-order valence-electron chi connectivity index (χ4n) is 1.98. The Morgan fingerprint density at radius 3 is 2.74 bits per heavy atom. The summed E-state index contributed by atoms with van der Waals surface area (Å²) in [5.41, 5.74) is 0. The normalized spacial score (nSPS) is 23.3. The van der Waals surface area contributed by atoms with Gasteiger partial charge in [0.05, 0.1) is 11.5 Å². The van der Waals surface area contributed by atoms with Crippen LogP contribution in [0.25, 0.3) is 0 Å². The fourth-order valence-corrected chi connectivity index (χ4v) is 4.94. The van der Waals surface area contributed by atoms with E-state index in [0.29, 0.717) is 12.8 Å². The zero-order valence-electron chi connectivity index (χ0n) is 10.1. The monoisotopic (exact) mass is 309 g/mol. The van der Waals surface area contributed by atoms with Crippen molar-refractivity contribution in [3.05, 3.63) is 17.9 Å². The quantitative estimate of drug-likeness (QED) is 0.784. The number of nitrogens with one attached hydrogen (secondary N) is 1. The molecule has 0 aliphatic carbocycles. The molecule has 2 rings (SSSR count). The van der Waals surface area contributed by atoms with Crippen LogP contribution in [0.1, 0.15) is 18.6 Å². The maximum absolute atomic E-state index is 12.0. The van der Waals surface area contributed by atoms with Crippen molar-refractivity contribution in [1.82, 2.24) is 4.72 Å². The average molecular weight is 309 g/mol. The van der Waals surface area contributed by atoms with Crippen LogP contribution in [0.4, 0.5) is 0 Å². The van der Waals surface area contributed by atoms with Crippen LogP contribution >= 0.6 is 0 Å². The molecule has 7 nitrogen and oxygen atoms in total. The Morgan fingerprint density at radius 2 is 2.16 bits per heavy atom. The van der Waals surface area contributed by atoms with Crippen molar-refractivity contribution < 1.29 is 26.4 Å². The summed E-state index contributed by atoms with van der Waals surface area (Å²) in [4.78, 5) is 0. The first kappa shape index (κ1) is 14.5. The second-order valence-corrected chi connectivity index (χ2v) is 8.33. The molecule has 1 atom stereocenters. The van der Waals surface area contributed by atoms with Crippen molar-refractivity contribution in [2.75, 3.05) is 11.5 Å². The van der Waals surface area contributed by atoms with Crippen molar-refractivity contribution in [2.24, 2.45) is 0 Å². The topological polar surface area (TPSA) is 114 Å². The Bertz CT molecular complexity index is 645. The van der Waals surface area contributed by atoms with Gasteiger partial charge >= 0.3 is 0 Å². The first-order valence-electron chi connectivity index (χ1n) is 5.75. The van der Waals surface area contributed by atoms with Crippen LogP contribution in [0.5, 0.6) is 0 Å². The van der Waals surface area contributed by atoms with Crippen molar-refractivity contribution in [3.63, 3.8) is 0 Å². The van der Waals surface area contributed by atoms with E-state index in [1.807, 2.05) is 0 Å². The number of rotatable bonds is 4. The molecule has 0 bridgehead atoms. The molecule has 9 heteroatoms. The van der Waals surface area contributed by atoms with Gasteiger partial charge in [-0.2, -0.15) is 0 Å². The number of aliphatic hydroxyl groups excluding tert-OH is 1. The van der Waals surface area contributed by atoms with E-state index in [1.54, 1.807) is 0 Å². The van der Waals surface area contributed by atoms with Crippen molar-refractivity contribution in [3.8, 4) is 0 Å². The predicted octanol–water partition coefficient (Wildman–Crippen LogP) is -0.373. The summed E-state index contributed by atoms with van der Waals surface area (Å²) in [7, 11) is -7.08. The van der Waals surface area contributed by atoms with E-state index in [4.69, 9.17) is 9.52 Å². The Balaban J connectivity index is 2.13. The lowest BCUT2D eigenvalue weighted by molar-refractivity contribution is 0.236. The number of furan rings is 1. The van der Waals surface area contributed by atoms with E-state index < -0.39 is 32.5 Å². The van der Waals surface area contributed by atoms with Gasteiger partial charge in [0.2, 0.25) is 5.09 Å². The van der Waals surface area contributed by atoms with E-state index in [1.165, 1.54) is 12.1 Å². The molecule has 1 aromatic rings. The zero-order valence-corrected chi connectivity index (χ0v) is 11.7. The second kappa shape index (κ2) is 5.23. The van der Waals surface area contributed by atoms with E-state index in [9.17, 15) is 16.8 Å². The number of hydrogen-bond donors (Lipinski definition) is 2. The molecule has 1 aliphatic rings. The average Bonchev–Trinajstić information content (AvgIpc) is 2.76. The van der Waals surface area contributed by atoms with Crippen LogP contribution in [-0.2, 0) is 26.5 Å². The molecular weight excluding hydrogens is 294 g/mol. The molecule has 1 aromatic heterocycles. The molecular formula is C10H15NO6S2. The largest absolute Gasteiger partial charge is 0.446 e. The van der Waals surface area contributed by atoms with Crippen molar-refractivity contribution in [2.45, 2.75) is 30.6 Å². The first-order chi connectivity index (χ1) is 8.82. The van der Waals surface area contributed by atoms with Gasteiger partial charge in [-0.25, -0.2) is 21.6 Å². The van der Waals surface area contributed by atoms with E-state index in [2.05, 4.69) is 4.72 Å². The van der Waals surface area contributed by atoms with Crippen LogP contribution in [-0.4, -0.2) is 39.5 Å². The Labute approximate surface area is 111 Å². The molecule has 1 fully saturated rings. The third-order valence-corrected chi connectivity index (χ3v) is 6.06. The van der Waals surface area contributed by atoms with Crippen molar-refractivity contribution >= 4 is 19.9 Å². The molecule has 0 aromatic carbocycles. The van der Waals surface area contributed by atoms with E-state index >= 15 is 0 Å². The van der Waals surface area contributed by atoms with Crippen LogP contribution < -0.4 is 4.72 Å². The minimum atomic E-state index is -3.89. The van der Waals surface area contributed by atoms with Gasteiger partial charge in [0.15, 0.2) is 9.84 Å². The smallest absolute Gasteiger partial charge is 0.274 e. The maximum Gasteiger partial charge on any atom is 0.274 e. The van der Waals surface area contributed by atoms with Gasteiger partial charge in [-0.3, -0.25) is 0 Å². The number of hydrogen-bond acceptors (Lipinski definition) is 6. The first-order valence-corrected chi connectivity index (χ1v) is 9.05. The molecule has 0 spiro atoms. The van der Waals surface area contributed by atoms with Gasteiger partial charge in [0.25, 0.3) is 10.0 Å². The third kappa shape index (κ3) is 3.56. The van der Waals surface area contributed by atoms with Crippen LogP contribution in [0, 0.1) is 0 Å².